The van der Waals surface area contributed by atoms with Gasteiger partial charge in [0.1, 0.15) is 0 Å². The van der Waals surface area contributed by atoms with Gasteiger partial charge in [0, 0.05) is 52.1 Å². The molecule has 1 aromatic carbocycles. The van der Waals surface area contributed by atoms with Crippen LogP contribution >= 0.6 is 77.2 Å². The summed E-state index contributed by atoms with van der Waals surface area (Å²) in [6.45, 7) is 10.7. The van der Waals surface area contributed by atoms with Gasteiger partial charge >= 0.3 is 0 Å². The minimum Gasteiger partial charge on any atom is -0.307 e. The van der Waals surface area contributed by atoms with Crippen LogP contribution in [0.5, 0.6) is 0 Å². The molecule has 396 valence electrons. The summed E-state index contributed by atoms with van der Waals surface area (Å²) in [5.41, 5.74) is 3.66. The minimum atomic E-state index is 0.141. The molecule has 4 aromatic heterocycles. The van der Waals surface area contributed by atoms with E-state index in [9.17, 15) is 0 Å². The number of carbonyl (C=O) groups excluding carboxylic acids is 2. The molecule has 7 rings (SSSR count). The van der Waals surface area contributed by atoms with Crippen molar-refractivity contribution in [2.45, 2.75) is 233 Å². The second-order valence-corrected chi connectivity index (χ2v) is 28.7. The molecule has 72 heavy (non-hydrogen) atoms. The molecule has 5 aromatic rings. The maximum absolute atomic E-state index is 15.5. The maximum Gasteiger partial charge on any atom is 0.260 e. The number of hydrogen-bond donors (Lipinski definition) is 0. The maximum atomic E-state index is 15.5. The fourth-order valence-electron chi connectivity index (χ4n) is 11.6. The fraction of sp³-hybridized carbons (Fsp3) is 0.645. The van der Waals surface area contributed by atoms with E-state index in [0.29, 0.717) is 11.8 Å². The van der Waals surface area contributed by atoms with E-state index in [4.69, 9.17) is 0 Å². The van der Waals surface area contributed by atoms with E-state index in [2.05, 4.69) is 106 Å². The number of nitrogens with zero attached hydrogens (tertiary/aromatic N) is 2. The molecule has 0 saturated heterocycles. The molecule has 2 aliphatic rings. The topological polar surface area (TPSA) is 40.6 Å². The first kappa shape index (κ1) is 57.9. The Morgan fingerprint density at radius 2 is 0.653 bits per heavy atom. The van der Waals surface area contributed by atoms with E-state index in [1.165, 1.54) is 199 Å². The zero-order valence-electron chi connectivity index (χ0n) is 44.8. The van der Waals surface area contributed by atoms with Crippen molar-refractivity contribution in [3.8, 4) is 0 Å². The van der Waals surface area contributed by atoms with Gasteiger partial charge < -0.3 is 9.80 Å². The van der Waals surface area contributed by atoms with Crippen LogP contribution < -0.4 is 20.2 Å². The Morgan fingerprint density at radius 3 is 0.944 bits per heavy atom. The number of carbonyl (C=O) groups is 2. The molecule has 0 saturated carbocycles. The van der Waals surface area contributed by atoms with Gasteiger partial charge in [-0.15, -0.1) is 45.3 Å². The number of halogens is 2. The van der Waals surface area contributed by atoms with E-state index < -0.39 is 0 Å². The van der Waals surface area contributed by atoms with Crippen LogP contribution in [0.3, 0.4) is 0 Å². The van der Waals surface area contributed by atoms with Gasteiger partial charge in [-0.1, -0.05) is 207 Å². The summed E-state index contributed by atoms with van der Waals surface area (Å²) in [5.74, 6) is 1.16. The number of rotatable bonds is 38. The van der Waals surface area contributed by atoms with Crippen molar-refractivity contribution in [1.29, 1.82) is 0 Å². The molecule has 2 amide bonds. The predicted molar refractivity (Wildman–Crippen MR) is 328 cm³/mol. The molecular weight excluding hydrogens is 1090 g/mol. The standard InChI is InChI=1S/C62H88Br2N2O2S4/c1-5-9-13-17-21-23-27-31-35-45(33-29-25-19-15-11-7-3)43-65-49-37-48-50(38-47(49)59(61(65)67)55-39-51-53(69-55)41-57(63)71-51)66(62(68)60(48)56-40-52-54(70-56)42-58(64)72-52)44-46(34-30-26-20-16-12-8-4)36-32-28-24-22-18-14-10-6-2/h37-42,45-46H,5-36,43-44H2,1-4H3. The average Bonchev–Trinajstić information content (AvgIpc) is 4.20. The molecule has 0 N–H and O–H groups in total. The molecule has 0 aliphatic carbocycles. The van der Waals surface area contributed by atoms with Gasteiger partial charge in [-0.25, -0.2) is 0 Å². The highest BCUT2D eigenvalue weighted by Crippen LogP contribution is 2.43. The van der Waals surface area contributed by atoms with Gasteiger partial charge in [-0.3, -0.25) is 9.59 Å². The predicted octanol–water partition coefficient (Wildman–Crippen LogP) is 20.7. The summed E-state index contributed by atoms with van der Waals surface area (Å²) in [4.78, 5) is 37.4. The van der Waals surface area contributed by atoms with Gasteiger partial charge in [0.15, 0.2) is 0 Å². The van der Waals surface area contributed by atoms with Crippen molar-refractivity contribution >= 4 is 130 Å². The van der Waals surface area contributed by atoms with Gasteiger partial charge in [0.25, 0.3) is 11.8 Å². The van der Waals surface area contributed by atoms with Gasteiger partial charge in [-0.2, -0.15) is 0 Å². The lowest BCUT2D eigenvalue weighted by molar-refractivity contribution is -0.114. The lowest BCUT2D eigenvalue weighted by Gasteiger charge is -2.27. The molecule has 2 atom stereocenters. The third-order valence-corrected chi connectivity index (χ3v) is 21.4. The quantitative estimate of drug-likeness (QED) is 0.0370. The van der Waals surface area contributed by atoms with Crippen molar-refractivity contribution in [1.82, 2.24) is 0 Å². The first-order chi connectivity index (χ1) is 35.2. The molecule has 0 radical (unpaired) electrons. The van der Waals surface area contributed by atoms with Gasteiger partial charge in [0.05, 0.1) is 30.1 Å². The number of unbranched alkanes of at least 4 members (excludes halogenated alkanes) is 24. The number of amides is 2. The van der Waals surface area contributed by atoms with Crippen molar-refractivity contribution in [2.24, 2.45) is 11.8 Å². The van der Waals surface area contributed by atoms with E-state index in [1.54, 1.807) is 45.3 Å². The van der Waals surface area contributed by atoms with Crippen LogP contribution in [0.15, 0.2) is 44.0 Å². The average molecular weight is 1180 g/mol. The first-order valence-electron chi connectivity index (χ1n) is 29.2. The van der Waals surface area contributed by atoms with Gasteiger partial charge in [-0.05, 0) is 106 Å². The largest absolute Gasteiger partial charge is 0.307 e. The number of fused-ring (bicyclic) bond motifs is 4. The SMILES string of the molecule is CCCCCCCCCCC(CCCCCCCC)CN1C(=O)C(c2cc3sc(Br)cc3s2)=c2cc3c(cc21)=C(c1cc2sc(Br)cc2s1)C(=O)N3CC(CCCCCCCC)CCCCCCCCCC. The van der Waals surface area contributed by atoms with Crippen LogP contribution in [0, 0.1) is 11.8 Å². The van der Waals surface area contributed by atoms with E-state index in [1.807, 2.05) is 0 Å². The van der Waals surface area contributed by atoms with Crippen molar-refractivity contribution in [3.63, 3.8) is 0 Å². The molecule has 6 heterocycles. The first-order valence-corrected chi connectivity index (χ1v) is 34.0. The Balaban J connectivity index is 1.25. The zero-order valence-corrected chi connectivity index (χ0v) is 51.2. The minimum absolute atomic E-state index is 0.141. The highest BCUT2D eigenvalue weighted by molar-refractivity contribution is 9.11. The van der Waals surface area contributed by atoms with E-state index >= 15 is 9.59 Å². The third-order valence-electron chi connectivity index (χ3n) is 15.7. The van der Waals surface area contributed by atoms with Crippen LogP contribution in [-0.2, 0) is 9.59 Å². The van der Waals surface area contributed by atoms with Crippen molar-refractivity contribution in [2.75, 3.05) is 22.9 Å². The lowest BCUT2D eigenvalue weighted by Crippen LogP contribution is -2.35. The smallest absolute Gasteiger partial charge is 0.260 e. The summed E-state index contributed by atoms with van der Waals surface area (Å²) in [6, 6.07) is 13.5. The fourth-order valence-corrected chi connectivity index (χ4v) is 17.7. The summed E-state index contributed by atoms with van der Waals surface area (Å²) in [7, 11) is 0. The molecular formula is C62H88Br2N2O2S4. The Labute approximate surface area is 468 Å². The van der Waals surface area contributed by atoms with Crippen LogP contribution in [0.25, 0.3) is 29.9 Å². The Morgan fingerprint density at radius 1 is 0.375 bits per heavy atom. The number of hydrogen-bond acceptors (Lipinski definition) is 6. The molecule has 2 aliphatic heterocycles. The summed E-state index contributed by atoms with van der Waals surface area (Å²) >= 11 is 14.5. The monoisotopic (exact) mass is 1180 g/mol. The summed E-state index contributed by atoms with van der Waals surface area (Å²) in [6.07, 6.45) is 41.1. The summed E-state index contributed by atoms with van der Waals surface area (Å²) < 4.78 is 7.11. The number of benzene rings is 1. The van der Waals surface area contributed by atoms with Crippen LogP contribution in [0.2, 0.25) is 0 Å². The van der Waals surface area contributed by atoms with Crippen LogP contribution in [0.4, 0.5) is 11.4 Å². The van der Waals surface area contributed by atoms with E-state index in [0.717, 1.165) is 89.1 Å². The van der Waals surface area contributed by atoms with Gasteiger partial charge in [0.2, 0.25) is 0 Å². The molecule has 0 fully saturated rings. The molecule has 4 nitrogen and oxygen atoms in total. The normalized spacial score (nSPS) is 14.6. The van der Waals surface area contributed by atoms with Crippen LogP contribution in [0.1, 0.15) is 243 Å². The third kappa shape index (κ3) is 16.1. The number of anilines is 2. The van der Waals surface area contributed by atoms with Crippen LogP contribution in [-0.4, -0.2) is 24.9 Å². The molecule has 10 heteroatoms. The Hall–Kier alpha value is -1.82. The molecule has 0 bridgehead atoms. The summed E-state index contributed by atoms with van der Waals surface area (Å²) in [5, 5.41) is 2.03. The second kappa shape index (κ2) is 30.8. The molecule has 2 unspecified atom stereocenters. The zero-order chi connectivity index (χ0) is 50.7. The Bertz CT molecular complexity index is 2340. The van der Waals surface area contributed by atoms with E-state index in [-0.39, 0.29) is 11.8 Å². The van der Waals surface area contributed by atoms with Crippen molar-refractivity contribution < 1.29 is 9.59 Å². The molecule has 0 spiro atoms. The number of thiophene rings is 4. The highest BCUT2D eigenvalue weighted by Gasteiger charge is 2.38. The Kier molecular flexibility index (Phi) is 24.8. The second-order valence-electron chi connectivity index (χ2n) is 21.6. The van der Waals surface area contributed by atoms with Crippen molar-refractivity contribution in [3.05, 3.63) is 64.2 Å². The lowest BCUT2D eigenvalue weighted by atomic mass is 9.93. The highest BCUT2D eigenvalue weighted by atomic mass is 79.9.